The zero-order valence-corrected chi connectivity index (χ0v) is 13.8. The number of hydrogen-bond donors (Lipinski definition) is 1. The zero-order valence-electron chi connectivity index (χ0n) is 12.9. The van der Waals surface area contributed by atoms with E-state index < -0.39 is 15.6 Å². The summed E-state index contributed by atoms with van der Waals surface area (Å²) in [6.07, 6.45) is 0.766. The van der Waals surface area contributed by atoms with E-state index >= 15 is 0 Å². The quantitative estimate of drug-likeness (QED) is 0.903. The predicted molar refractivity (Wildman–Crippen MR) is 81.3 cm³/mol. The Hall–Kier alpha value is -1.40. The molecule has 1 heterocycles. The summed E-state index contributed by atoms with van der Waals surface area (Å²) in [4.78, 5) is 13.5. The highest BCUT2D eigenvalue weighted by molar-refractivity contribution is 7.89. The second-order valence-corrected chi connectivity index (χ2v) is 8.16. The van der Waals surface area contributed by atoms with Crippen LogP contribution in [0.4, 0.5) is 0 Å². The first kappa shape index (κ1) is 16.0. The molecule has 1 aliphatic heterocycles. The van der Waals surface area contributed by atoms with Gasteiger partial charge >= 0.3 is 0 Å². The van der Waals surface area contributed by atoms with Crippen LogP contribution in [0, 0.1) is 0 Å². The normalized spacial score (nSPS) is 15.7. The van der Waals surface area contributed by atoms with Crippen LogP contribution in [0.2, 0.25) is 0 Å². The van der Waals surface area contributed by atoms with Crippen LogP contribution < -0.4 is 4.72 Å². The molecule has 6 heteroatoms. The molecule has 5 nitrogen and oxygen atoms in total. The molecule has 0 aliphatic carbocycles. The second-order valence-electron chi connectivity index (χ2n) is 6.48. The minimum Gasteiger partial charge on any atom is -0.338 e. The van der Waals surface area contributed by atoms with E-state index in [0.29, 0.717) is 13.1 Å². The largest absolute Gasteiger partial charge is 0.338 e. The first-order chi connectivity index (χ1) is 9.58. The number of carbonyl (C=O) groups excluding carboxylic acids is 1. The summed E-state index contributed by atoms with van der Waals surface area (Å²) in [7, 11) is -3.54. The van der Waals surface area contributed by atoms with Crippen LogP contribution in [0.15, 0.2) is 23.1 Å². The molecular weight excluding hydrogens is 288 g/mol. The summed E-state index contributed by atoms with van der Waals surface area (Å²) in [6, 6.07) is 5.17. The summed E-state index contributed by atoms with van der Waals surface area (Å²) in [5, 5.41) is 0. The lowest BCUT2D eigenvalue weighted by molar-refractivity contribution is -0.129. The van der Waals surface area contributed by atoms with Crippen LogP contribution >= 0.6 is 0 Å². The van der Waals surface area contributed by atoms with Gasteiger partial charge in [-0.25, -0.2) is 13.1 Å². The molecule has 0 aromatic heterocycles. The van der Waals surface area contributed by atoms with E-state index in [1.54, 1.807) is 37.8 Å². The Morgan fingerprint density at radius 3 is 2.48 bits per heavy atom. The molecule has 1 aromatic rings. The summed E-state index contributed by atoms with van der Waals surface area (Å²) >= 11 is 0. The maximum atomic E-state index is 12.4. The van der Waals surface area contributed by atoms with Crippen molar-refractivity contribution in [3.8, 4) is 0 Å². The Morgan fingerprint density at radius 2 is 1.90 bits per heavy atom. The van der Waals surface area contributed by atoms with Crippen molar-refractivity contribution in [2.45, 2.75) is 51.1 Å². The van der Waals surface area contributed by atoms with Gasteiger partial charge in [-0.1, -0.05) is 6.07 Å². The molecule has 116 valence electrons. The number of nitrogens with one attached hydrogen (secondary N) is 1. The third-order valence-electron chi connectivity index (χ3n) is 3.39. The maximum Gasteiger partial charge on any atom is 0.241 e. The van der Waals surface area contributed by atoms with Gasteiger partial charge in [-0.2, -0.15) is 0 Å². The van der Waals surface area contributed by atoms with Gasteiger partial charge in [0.05, 0.1) is 4.90 Å². The molecule has 1 aromatic carbocycles. The number of rotatable bonds is 2. The molecule has 0 fully saturated rings. The lowest BCUT2D eigenvalue weighted by atomic mass is 10.00. The lowest BCUT2D eigenvalue weighted by Gasteiger charge is -2.28. The van der Waals surface area contributed by atoms with E-state index in [1.807, 2.05) is 6.07 Å². The number of benzene rings is 1. The van der Waals surface area contributed by atoms with Crippen LogP contribution in [0.3, 0.4) is 0 Å². The van der Waals surface area contributed by atoms with Gasteiger partial charge in [0, 0.05) is 25.6 Å². The molecule has 0 radical (unpaired) electrons. The average Bonchev–Trinajstić information content (AvgIpc) is 2.34. The Labute approximate surface area is 126 Å². The Kier molecular flexibility index (Phi) is 4.13. The number of nitrogens with zero attached hydrogens (tertiary/aromatic N) is 1. The van der Waals surface area contributed by atoms with Crippen molar-refractivity contribution in [1.82, 2.24) is 9.62 Å². The van der Waals surface area contributed by atoms with Crippen LogP contribution in [-0.2, 0) is 27.8 Å². The van der Waals surface area contributed by atoms with Crippen LogP contribution in [0.5, 0.6) is 0 Å². The number of sulfonamides is 1. The van der Waals surface area contributed by atoms with E-state index in [1.165, 1.54) is 6.92 Å². The molecule has 0 atom stereocenters. The fraction of sp³-hybridized carbons (Fsp3) is 0.533. The monoisotopic (exact) mass is 310 g/mol. The van der Waals surface area contributed by atoms with Gasteiger partial charge in [0.15, 0.2) is 0 Å². The van der Waals surface area contributed by atoms with Gasteiger partial charge in [-0.15, -0.1) is 0 Å². The van der Waals surface area contributed by atoms with Crippen molar-refractivity contribution in [3.05, 3.63) is 29.3 Å². The third kappa shape index (κ3) is 3.83. The second kappa shape index (κ2) is 5.42. The van der Waals surface area contributed by atoms with Gasteiger partial charge in [0.1, 0.15) is 0 Å². The molecule has 21 heavy (non-hydrogen) atoms. The van der Waals surface area contributed by atoms with Gasteiger partial charge in [0.25, 0.3) is 0 Å². The molecule has 1 aliphatic rings. The fourth-order valence-corrected chi connectivity index (χ4v) is 3.90. The molecule has 0 saturated carbocycles. The Balaban J connectivity index is 2.33. The Morgan fingerprint density at radius 1 is 1.24 bits per heavy atom. The first-order valence-corrected chi connectivity index (χ1v) is 8.48. The van der Waals surface area contributed by atoms with Crippen molar-refractivity contribution in [3.63, 3.8) is 0 Å². The molecule has 1 amide bonds. The molecule has 2 rings (SSSR count). The minimum absolute atomic E-state index is 0.0155. The summed E-state index contributed by atoms with van der Waals surface area (Å²) in [5.74, 6) is 0.0155. The van der Waals surface area contributed by atoms with Gasteiger partial charge in [-0.05, 0) is 50.5 Å². The van der Waals surface area contributed by atoms with Crippen molar-refractivity contribution in [1.29, 1.82) is 0 Å². The molecule has 0 saturated heterocycles. The van der Waals surface area contributed by atoms with Crippen LogP contribution in [0.1, 0.15) is 38.8 Å². The van der Waals surface area contributed by atoms with E-state index in [9.17, 15) is 13.2 Å². The standard InChI is InChI=1S/C15H22N2O3S/c1-11(18)17-8-7-12-5-6-14(9-13(12)10-17)21(19,20)16-15(2,3)4/h5-6,9,16H,7-8,10H2,1-4H3. The van der Waals surface area contributed by atoms with Crippen molar-refractivity contribution in [2.75, 3.05) is 6.54 Å². The summed E-state index contributed by atoms with van der Waals surface area (Å²) in [6.45, 7) is 8.12. The minimum atomic E-state index is -3.54. The van der Waals surface area contributed by atoms with Crippen LogP contribution in [-0.4, -0.2) is 31.3 Å². The van der Waals surface area contributed by atoms with E-state index in [4.69, 9.17) is 0 Å². The molecule has 0 unspecified atom stereocenters. The lowest BCUT2D eigenvalue weighted by Crippen LogP contribution is -2.40. The maximum absolute atomic E-state index is 12.4. The number of hydrogen-bond acceptors (Lipinski definition) is 3. The molecule has 0 bridgehead atoms. The van der Waals surface area contributed by atoms with E-state index in [0.717, 1.165) is 17.5 Å². The highest BCUT2D eigenvalue weighted by Gasteiger charge is 2.24. The van der Waals surface area contributed by atoms with Crippen molar-refractivity contribution >= 4 is 15.9 Å². The third-order valence-corrected chi connectivity index (χ3v) is 5.14. The highest BCUT2D eigenvalue weighted by atomic mass is 32.2. The number of fused-ring (bicyclic) bond motifs is 1. The van der Waals surface area contributed by atoms with E-state index in [2.05, 4.69) is 4.72 Å². The Bertz CT molecular complexity index is 660. The van der Waals surface area contributed by atoms with Crippen molar-refractivity contribution in [2.24, 2.45) is 0 Å². The molecular formula is C15H22N2O3S. The molecule has 0 spiro atoms. The average molecular weight is 310 g/mol. The van der Waals surface area contributed by atoms with Gasteiger partial charge < -0.3 is 4.90 Å². The fourth-order valence-electron chi connectivity index (χ4n) is 2.43. The van der Waals surface area contributed by atoms with Gasteiger partial charge in [-0.3, -0.25) is 4.79 Å². The summed E-state index contributed by atoms with van der Waals surface area (Å²) in [5.41, 5.74) is 1.50. The SMILES string of the molecule is CC(=O)N1CCc2ccc(S(=O)(=O)NC(C)(C)C)cc2C1. The first-order valence-electron chi connectivity index (χ1n) is 7.00. The highest BCUT2D eigenvalue weighted by Crippen LogP contribution is 2.23. The van der Waals surface area contributed by atoms with Gasteiger partial charge in [0.2, 0.25) is 15.9 Å². The summed E-state index contributed by atoms with van der Waals surface area (Å²) < 4.78 is 27.4. The smallest absolute Gasteiger partial charge is 0.241 e. The number of carbonyl (C=O) groups is 1. The van der Waals surface area contributed by atoms with E-state index in [-0.39, 0.29) is 10.8 Å². The zero-order chi connectivity index (χ0) is 15.8. The van der Waals surface area contributed by atoms with Crippen molar-refractivity contribution < 1.29 is 13.2 Å². The molecule has 1 N–H and O–H groups in total. The topological polar surface area (TPSA) is 66.5 Å². The van der Waals surface area contributed by atoms with Crippen LogP contribution in [0.25, 0.3) is 0 Å². The predicted octanol–water partition coefficient (Wildman–Crippen LogP) is 1.67. The number of amides is 1.